The highest BCUT2D eigenvalue weighted by Gasteiger charge is 2.25. The van der Waals surface area contributed by atoms with Gasteiger partial charge in [0.2, 0.25) is 0 Å². The Morgan fingerprint density at radius 2 is 1.55 bits per heavy atom. The molecule has 0 unspecified atom stereocenters. The average Bonchev–Trinajstić information content (AvgIpc) is 2.91. The number of benzene rings is 3. The Labute approximate surface area is 216 Å². The van der Waals surface area contributed by atoms with Crippen molar-refractivity contribution in [3.8, 4) is 22.6 Å². The molecule has 1 amide bonds. The Morgan fingerprint density at radius 3 is 2.18 bits per heavy atom. The van der Waals surface area contributed by atoms with Crippen molar-refractivity contribution in [1.82, 2.24) is 10.3 Å². The number of esters is 1. The van der Waals surface area contributed by atoms with Crippen molar-refractivity contribution >= 4 is 35.0 Å². The number of aromatic hydroxyl groups is 2. The van der Waals surface area contributed by atoms with Crippen LogP contribution in [-0.4, -0.2) is 57.0 Å². The molecule has 0 aliphatic heterocycles. The number of pyridine rings is 1. The fraction of sp³-hybridized carbons (Fsp3) is 0.107. The number of carboxylic acids is 1. The average molecular weight is 514 g/mol. The van der Waals surface area contributed by atoms with E-state index in [1.54, 1.807) is 42.5 Å². The maximum Gasteiger partial charge on any atom is 0.336 e. The predicted octanol–water partition coefficient (Wildman–Crippen LogP) is 3.55. The van der Waals surface area contributed by atoms with E-state index < -0.39 is 23.9 Å². The summed E-state index contributed by atoms with van der Waals surface area (Å²) in [6.07, 6.45) is 0.923. The second kappa shape index (κ2) is 11.2. The topological polar surface area (TPSA) is 170 Å². The molecule has 3 aromatic carbocycles. The van der Waals surface area contributed by atoms with Gasteiger partial charge in [0.15, 0.2) is 0 Å². The highest BCUT2D eigenvalue weighted by molar-refractivity contribution is 6.07. The smallest absolute Gasteiger partial charge is 0.336 e. The molecule has 4 rings (SSSR count). The summed E-state index contributed by atoms with van der Waals surface area (Å²) in [4.78, 5) is 42.1. The second-order valence-electron chi connectivity index (χ2n) is 8.37. The molecule has 1 atom stereocenters. The molecule has 0 aliphatic rings. The van der Waals surface area contributed by atoms with Gasteiger partial charge in [0.05, 0.1) is 11.1 Å². The van der Waals surface area contributed by atoms with Gasteiger partial charge < -0.3 is 30.8 Å². The van der Waals surface area contributed by atoms with Gasteiger partial charge in [-0.3, -0.25) is 4.79 Å². The fourth-order valence-corrected chi connectivity index (χ4v) is 3.87. The molecule has 0 spiro atoms. The molecule has 0 aliphatic carbocycles. The van der Waals surface area contributed by atoms with Gasteiger partial charge in [0.25, 0.3) is 5.91 Å². The minimum atomic E-state index is -1.26. The molecule has 0 radical (unpaired) electrons. The summed E-state index contributed by atoms with van der Waals surface area (Å²) in [5, 5.41) is 38.8. The van der Waals surface area contributed by atoms with Crippen molar-refractivity contribution in [1.29, 1.82) is 5.41 Å². The van der Waals surface area contributed by atoms with E-state index in [-0.39, 0.29) is 41.3 Å². The first-order valence-corrected chi connectivity index (χ1v) is 11.5. The number of rotatable bonds is 9. The van der Waals surface area contributed by atoms with Crippen molar-refractivity contribution in [2.45, 2.75) is 12.5 Å². The Hall–Kier alpha value is -5.25. The van der Waals surface area contributed by atoms with Crippen LogP contribution in [0.1, 0.15) is 26.4 Å². The maximum absolute atomic E-state index is 13.1. The van der Waals surface area contributed by atoms with Crippen molar-refractivity contribution in [3.05, 3.63) is 89.6 Å². The fourth-order valence-electron chi connectivity index (χ4n) is 3.87. The summed E-state index contributed by atoms with van der Waals surface area (Å²) in [6.45, 7) is -0.276. The number of carbonyl (C=O) groups is 3. The highest BCUT2D eigenvalue weighted by Crippen LogP contribution is 2.28. The van der Waals surface area contributed by atoms with Crippen LogP contribution in [0.25, 0.3) is 22.0 Å². The molecular weight excluding hydrogens is 490 g/mol. The summed E-state index contributed by atoms with van der Waals surface area (Å²) in [5.74, 6) is -2.69. The van der Waals surface area contributed by atoms with Crippen LogP contribution < -0.4 is 5.32 Å². The maximum atomic E-state index is 13.1. The number of carbonyl (C=O) groups excluding carboxylic acids is 2. The van der Waals surface area contributed by atoms with Crippen LogP contribution in [0.15, 0.2) is 72.8 Å². The number of nitrogens with one attached hydrogen (secondary N) is 2. The molecule has 38 heavy (non-hydrogen) atoms. The van der Waals surface area contributed by atoms with Crippen LogP contribution in [0.3, 0.4) is 0 Å². The molecule has 1 heterocycles. The summed E-state index contributed by atoms with van der Waals surface area (Å²) >= 11 is 0. The Balaban J connectivity index is 1.66. The molecule has 4 aromatic rings. The van der Waals surface area contributed by atoms with Crippen molar-refractivity contribution in [2.24, 2.45) is 0 Å². The molecule has 5 N–H and O–H groups in total. The van der Waals surface area contributed by atoms with Crippen molar-refractivity contribution < 1.29 is 34.4 Å². The van der Waals surface area contributed by atoms with E-state index in [2.05, 4.69) is 10.3 Å². The molecule has 0 saturated carbocycles. The quantitative estimate of drug-likeness (QED) is 0.167. The van der Waals surface area contributed by atoms with Crippen LogP contribution >= 0.6 is 0 Å². The lowest BCUT2D eigenvalue weighted by Crippen LogP contribution is -2.43. The molecule has 1 aromatic heterocycles. The second-order valence-corrected chi connectivity index (χ2v) is 8.37. The predicted molar refractivity (Wildman–Crippen MR) is 139 cm³/mol. The van der Waals surface area contributed by atoms with E-state index in [0.717, 1.165) is 17.8 Å². The number of phenolic OH excluding ortho intramolecular Hbond substituents is 2. The molecule has 0 fully saturated rings. The molecule has 192 valence electrons. The molecule has 0 saturated heterocycles. The number of aromatic carboxylic acids is 1. The van der Waals surface area contributed by atoms with Gasteiger partial charge in [0.1, 0.15) is 29.8 Å². The van der Waals surface area contributed by atoms with Gasteiger partial charge >= 0.3 is 11.9 Å². The van der Waals surface area contributed by atoms with E-state index in [0.29, 0.717) is 16.5 Å². The zero-order valence-corrected chi connectivity index (χ0v) is 19.9. The lowest BCUT2D eigenvalue weighted by Gasteiger charge is -2.18. The van der Waals surface area contributed by atoms with Crippen molar-refractivity contribution in [2.75, 3.05) is 6.61 Å². The van der Waals surface area contributed by atoms with Crippen LogP contribution in [0.4, 0.5) is 0 Å². The molecule has 10 nitrogen and oxygen atoms in total. The third-order valence-electron chi connectivity index (χ3n) is 5.75. The minimum Gasteiger partial charge on any atom is -0.508 e. The monoisotopic (exact) mass is 513 g/mol. The minimum absolute atomic E-state index is 0.0260. The van der Waals surface area contributed by atoms with E-state index in [4.69, 9.17) is 10.1 Å². The highest BCUT2D eigenvalue weighted by atomic mass is 16.5. The first-order chi connectivity index (χ1) is 18.2. The van der Waals surface area contributed by atoms with Crippen LogP contribution in [-0.2, 0) is 16.0 Å². The van der Waals surface area contributed by atoms with E-state index >= 15 is 0 Å². The van der Waals surface area contributed by atoms with Crippen LogP contribution in [0.5, 0.6) is 11.5 Å². The summed E-state index contributed by atoms with van der Waals surface area (Å²) in [6, 6.07) is 17.4. The van der Waals surface area contributed by atoms with Crippen LogP contribution in [0.2, 0.25) is 0 Å². The van der Waals surface area contributed by atoms with E-state index in [1.165, 1.54) is 24.3 Å². The van der Waals surface area contributed by atoms with Gasteiger partial charge in [0, 0.05) is 18.0 Å². The van der Waals surface area contributed by atoms with E-state index in [9.17, 15) is 29.7 Å². The lowest BCUT2D eigenvalue weighted by molar-refractivity contribution is -0.144. The number of nitrogens with zero attached hydrogens (tertiary/aromatic N) is 1. The summed E-state index contributed by atoms with van der Waals surface area (Å²) < 4.78 is 5.00. The van der Waals surface area contributed by atoms with Crippen LogP contribution in [0, 0.1) is 5.41 Å². The van der Waals surface area contributed by atoms with Crippen molar-refractivity contribution in [3.63, 3.8) is 0 Å². The SMILES string of the molecule is N=CCOC(=O)[C@H](Cc1ccc(O)cc1)NC(=O)c1cc(C(=O)O)c2cc(-c3ccc(O)cc3)ccc2n1. The van der Waals surface area contributed by atoms with Gasteiger partial charge in [-0.15, -0.1) is 0 Å². The molecule has 0 bridgehead atoms. The third kappa shape index (κ3) is 5.93. The van der Waals surface area contributed by atoms with Gasteiger partial charge in [-0.2, -0.15) is 0 Å². The van der Waals surface area contributed by atoms with E-state index in [1.807, 2.05) is 0 Å². The Kier molecular flexibility index (Phi) is 7.62. The molecular formula is C28H23N3O7. The number of hydrogen-bond donors (Lipinski definition) is 5. The Morgan fingerprint density at radius 1 is 0.921 bits per heavy atom. The number of ether oxygens (including phenoxy) is 1. The first-order valence-electron chi connectivity index (χ1n) is 11.5. The lowest BCUT2D eigenvalue weighted by atomic mass is 10.00. The zero-order chi connectivity index (χ0) is 27.2. The third-order valence-corrected chi connectivity index (χ3v) is 5.75. The number of hydrogen-bond acceptors (Lipinski definition) is 8. The zero-order valence-electron chi connectivity index (χ0n) is 19.9. The normalized spacial score (nSPS) is 11.5. The number of amides is 1. The standard InChI is InChI=1S/C28H23N3O7/c29-11-12-38-28(37)25(13-16-1-6-19(32)7-2-16)31-26(34)24-15-22(27(35)36)21-14-18(5-10-23(21)30-24)17-3-8-20(33)9-4-17/h1-11,14-15,25,29,32-33H,12-13H2,(H,31,34)(H,35,36)/t25-/m0/s1. The van der Waals surface area contributed by atoms with Gasteiger partial charge in [-0.05, 0) is 59.2 Å². The largest absolute Gasteiger partial charge is 0.508 e. The Bertz CT molecular complexity index is 1520. The summed E-state index contributed by atoms with van der Waals surface area (Å²) in [7, 11) is 0. The van der Waals surface area contributed by atoms with Gasteiger partial charge in [-0.25, -0.2) is 14.6 Å². The number of carboxylic acid groups (broad SMARTS) is 1. The van der Waals surface area contributed by atoms with Gasteiger partial charge in [-0.1, -0.05) is 30.3 Å². The number of aromatic nitrogens is 1. The number of phenols is 2. The summed E-state index contributed by atoms with van der Waals surface area (Å²) in [5.41, 5.74) is 1.98. The molecule has 10 heteroatoms. The first kappa shape index (κ1) is 25.8. The number of fused-ring (bicyclic) bond motifs is 1.